The van der Waals surface area contributed by atoms with E-state index in [1.54, 1.807) is 14.0 Å². The van der Waals surface area contributed by atoms with Crippen LogP contribution in [0.1, 0.15) is 20.3 Å². The van der Waals surface area contributed by atoms with Gasteiger partial charge in [0.15, 0.2) is 9.84 Å². The lowest BCUT2D eigenvalue weighted by molar-refractivity contribution is -0.387. The molecule has 1 rings (SSSR count). The Bertz CT molecular complexity index is 553. The highest BCUT2D eigenvalue weighted by Gasteiger charge is 2.33. The zero-order valence-electron chi connectivity index (χ0n) is 11.2. The van der Waals surface area contributed by atoms with Gasteiger partial charge in [-0.3, -0.25) is 10.1 Å². The van der Waals surface area contributed by atoms with Crippen LogP contribution in [0.4, 0.5) is 5.69 Å². The lowest BCUT2D eigenvalue weighted by atomic mass is 10.2. The van der Waals surface area contributed by atoms with Gasteiger partial charge < -0.3 is 5.32 Å². The Hall–Kier alpha value is -1.47. The number of para-hydroxylation sites is 1. The number of nitro groups is 1. The van der Waals surface area contributed by atoms with Crippen LogP contribution in [0.25, 0.3) is 0 Å². The average Bonchev–Trinajstić information content (AvgIpc) is 2.39. The second kappa shape index (κ2) is 6.12. The summed E-state index contributed by atoms with van der Waals surface area (Å²) in [5, 5.41) is 13.1. The summed E-state index contributed by atoms with van der Waals surface area (Å²) in [7, 11) is -2.06. The minimum absolute atomic E-state index is 0.221. The Balaban J connectivity index is 3.32. The Morgan fingerprint density at radius 3 is 2.42 bits per heavy atom. The first-order chi connectivity index (χ1) is 8.86. The van der Waals surface area contributed by atoms with Gasteiger partial charge in [-0.05, 0) is 26.5 Å². The normalized spacial score (nSPS) is 14.9. The molecule has 1 N–H and O–H groups in total. The van der Waals surface area contributed by atoms with E-state index in [9.17, 15) is 18.5 Å². The van der Waals surface area contributed by atoms with Crippen molar-refractivity contribution in [2.75, 3.05) is 7.05 Å². The molecule has 0 spiro atoms. The molecule has 2 unspecified atom stereocenters. The van der Waals surface area contributed by atoms with Crippen molar-refractivity contribution in [2.24, 2.45) is 0 Å². The van der Waals surface area contributed by atoms with E-state index in [0.717, 1.165) is 0 Å². The van der Waals surface area contributed by atoms with Crippen molar-refractivity contribution < 1.29 is 13.3 Å². The Labute approximate surface area is 112 Å². The molecule has 106 valence electrons. The highest BCUT2D eigenvalue weighted by Crippen LogP contribution is 2.28. The van der Waals surface area contributed by atoms with Gasteiger partial charge in [0.2, 0.25) is 0 Å². The van der Waals surface area contributed by atoms with Crippen LogP contribution in [0.3, 0.4) is 0 Å². The van der Waals surface area contributed by atoms with E-state index in [-0.39, 0.29) is 16.6 Å². The molecule has 0 amide bonds. The third kappa shape index (κ3) is 3.10. The van der Waals surface area contributed by atoms with E-state index < -0.39 is 20.0 Å². The molecule has 2 atom stereocenters. The van der Waals surface area contributed by atoms with E-state index in [0.29, 0.717) is 6.42 Å². The van der Waals surface area contributed by atoms with Crippen molar-refractivity contribution in [3.63, 3.8) is 0 Å². The summed E-state index contributed by atoms with van der Waals surface area (Å²) >= 11 is 0. The van der Waals surface area contributed by atoms with E-state index in [4.69, 9.17) is 0 Å². The average molecular weight is 286 g/mol. The minimum Gasteiger partial charge on any atom is -0.316 e. The van der Waals surface area contributed by atoms with E-state index >= 15 is 0 Å². The molecule has 0 bridgehead atoms. The summed E-state index contributed by atoms with van der Waals surface area (Å²) in [4.78, 5) is 10.0. The highest BCUT2D eigenvalue weighted by molar-refractivity contribution is 7.92. The Morgan fingerprint density at radius 2 is 1.95 bits per heavy atom. The van der Waals surface area contributed by atoms with Gasteiger partial charge in [-0.1, -0.05) is 19.1 Å². The van der Waals surface area contributed by atoms with Crippen LogP contribution >= 0.6 is 0 Å². The number of nitro benzene ring substituents is 1. The number of nitrogens with one attached hydrogen (secondary N) is 1. The second-order valence-corrected chi connectivity index (χ2v) is 6.55. The lowest BCUT2D eigenvalue weighted by Crippen LogP contribution is -2.40. The monoisotopic (exact) mass is 286 g/mol. The van der Waals surface area contributed by atoms with Gasteiger partial charge in [-0.25, -0.2) is 8.42 Å². The van der Waals surface area contributed by atoms with Gasteiger partial charge in [0, 0.05) is 12.1 Å². The topological polar surface area (TPSA) is 89.3 Å². The van der Waals surface area contributed by atoms with Crippen LogP contribution in [-0.2, 0) is 9.84 Å². The maximum absolute atomic E-state index is 12.5. The summed E-state index contributed by atoms with van der Waals surface area (Å²) in [5.74, 6) is 0. The second-order valence-electron chi connectivity index (χ2n) is 4.28. The van der Waals surface area contributed by atoms with Crippen molar-refractivity contribution in [3.8, 4) is 0 Å². The fourth-order valence-corrected chi connectivity index (χ4v) is 3.90. The van der Waals surface area contributed by atoms with E-state index in [2.05, 4.69) is 5.32 Å². The molecule has 0 fully saturated rings. The summed E-state index contributed by atoms with van der Waals surface area (Å²) in [5.41, 5.74) is -0.375. The molecule has 0 aliphatic rings. The van der Waals surface area contributed by atoms with E-state index in [1.807, 2.05) is 6.92 Å². The molecule has 0 saturated carbocycles. The predicted molar refractivity (Wildman–Crippen MR) is 72.9 cm³/mol. The number of rotatable bonds is 6. The number of nitrogens with zero attached hydrogens (tertiary/aromatic N) is 1. The molecule has 6 nitrogen and oxygen atoms in total. The molecule has 1 aromatic carbocycles. The lowest BCUT2D eigenvalue weighted by Gasteiger charge is -2.22. The number of hydrogen-bond donors (Lipinski definition) is 1. The van der Waals surface area contributed by atoms with Crippen molar-refractivity contribution in [1.29, 1.82) is 0 Å². The molecule has 19 heavy (non-hydrogen) atoms. The van der Waals surface area contributed by atoms with Gasteiger partial charge in [-0.2, -0.15) is 0 Å². The van der Waals surface area contributed by atoms with Gasteiger partial charge in [0.25, 0.3) is 5.69 Å². The van der Waals surface area contributed by atoms with Gasteiger partial charge in [0.05, 0.1) is 10.2 Å². The van der Waals surface area contributed by atoms with Crippen LogP contribution in [0.5, 0.6) is 0 Å². The van der Waals surface area contributed by atoms with Gasteiger partial charge in [-0.15, -0.1) is 0 Å². The molecule has 0 aromatic heterocycles. The van der Waals surface area contributed by atoms with Gasteiger partial charge in [0.1, 0.15) is 4.90 Å². The molecule has 0 radical (unpaired) electrons. The molecule has 1 aromatic rings. The fourth-order valence-electron chi connectivity index (χ4n) is 2.04. The largest absolute Gasteiger partial charge is 0.316 e. The maximum atomic E-state index is 12.5. The van der Waals surface area contributed by atoms with Crippen LogP contribution in [0, 0.1) is 10.1 Å². The zero-order valence-corrected chi connectivity index (χ0v) is 12.0. The molecular weight excluding hydrogens is 268 g/mol. The summed E-state index contributed by atoms with van der Waals surface area (Å²) in [6.07, 6.45) is 0.623. The third-order valence-electron chi connectivity index (χ3n) is 3.24. The number of sulfone groups is 1. The Kier molecular flexibility index (Phi) is 5.02. The van der Waals surface area contributed by atoms with Crippen molar-refractivity contribution in [2.45, 2.75) is 36.5 Å². The first kappa shape index (κ1) is 15.6. The molecule has 0 aliphatic carbocycles. The van der Waals surface area contributed by atoms with Crippen LogP contribution < -0.4 is 5.32 Å². The predicted octanol–water partition coefficient (Wildman–Crippen LogP) is 1.75. The van der Waals surface area contributed by atoms with E-state index in [1.165, 1.54) is 24.3 Å². The zero-order chi connectivity index (χ0) is 14.6. The first-order valence-corrected chi connectivity index (χ1v) is 7.55. The summed E-state index contributed by atoms with van der Waals surface area (Å²) in [6.45, 7) is 3.43. The third-order valence-corrected chi connectivity index (χ3v) is 5.50. The summed E-state index contributed by atoms with van der Waals surface area (Å²) in [6, 6.07) is 5.20. The number of benzene rings is 1. The fraction of sp³-hybridized carbons (Fsp3) is 0.500. The molecular formula is C12H18N2O4S. The highest BCUT2D eigenvalue weighted by atomic mass is 32.2. The molecule has 0 aliphatic heterocycles. The summed E-state index contributed by atoms with van der Waals surface area (Å²) < 4.78 is 24.9. The number of hydrogen-bond acceptors (Lipinski definition) is 5. The molecule has 0 heterocycles. The minimum atomic E-state index is -3.74. The Morgan fingerprint density at radius 1 is 1.37 bits per heavy atom. The first-order valence-electron chi connectivity index (χ1n) is 6.00. The molecule has 0 saturated heterocycles. The van der Waals surface area contributed by atoms with Crippen LogP contribution in [0.15, 0.2) is 29.2 Å². The standard InChI is InChI=1S/C12H18N2O4S/c1-4-10(13-3)9(2)19(17,18)12-8-6-5-7-11(12)14(15)16/h5-10,13H,4H2,1-3H3. The maximum Gasteiger partial charge on any atom is 0.287 e. The van der Waals surface area contributed by atoms with Gasteiger partial charge >= 0.3 is 0 Å². The van der Waals surface area contributed by atoms with Crippen LogP contribution in [-0.4, -0.2) is 31.7 Å². The van der Waals surface area contributed by atoms with Crippen molar-refractivity contribution >= 4 is 15.5 Å². The smallest absolute Gasteiger partial charge is 0.287 e. The SMILES string of the molecule is CCC(NC)C(C)S(=O)(=O)c1ccccc1[N+](=O)[O-]. The quantitative estimate of drug-likeness (QED) is 0.635. The van der Waals surface area contributed by atoms with Crippen molar-refractivity contribution in [1.82, 2.24) is 5.32 Å². The van der Waals surface area contributed by atoms with Crippen molar-refractivity contribution in [3.05, 3.63) is 34.4 Å². The van der Waals surface area contributed by atoms with Crippen LogP contribution in [0.2, 0.25) is 0 Å². The molecule has 7 heteroatoms.